The minimum absolute atomic E-state index is 1.17. The van der Waals surface area contributed by atoms with Crippen molar-refractivity contribution in [2.24, 2.45) is 0 Å². The van der Waals surface area contributed by atoms with E-state index in [1.54, 1.807) is 0 Å². The second kappa shape index (κ2) is 3.85. The average molecular weight is 268 g/mol. The van der Waals surface area contributed by atoms with E-state index in [-0.39, 0.29) is 0 Å². The molecular formula is C21H16. The normalized spacial score (nSPS) is 14.3. The number of benzene rings is 3. The van der Waals surface area contributed by atoms with Gasteiger partial charge < -0.3 is 0 Å². The van der Waals surface area contributed by atoms with E-state index in [1.807, 2.05) is 0 Å². The molecule has 0 amide bonds. The van der Waals surface area contributed by atoms with Gasteiger partial charge in [-0.2, -0.15) is 0 Å². The molecule has 0 unspecified atom stereocenters. The van der Waals surface area contributed by atoms with Gasteiger partial charge >= 0.3 is 0 Å². The van der Waals surface area contributed by atoms with Crippen molar-refractivity contribution < 1.29 is 0 Å². The van der Waals surface area contributed by atoms with E-state index < -0.39 is 0 Å². The number of fused-ring (bicyclic) bond motifs is 4. The van der Waals surface area contributed by atoms with Crippen LogP contribution in [0, 0.1) is 6.92 Å². The molecule has 2 aliphatic carbocycles. The molecule has 0 fully saturated rings. The summed E-state index contributed by atoms with van der Waals surface area (Å²) in [6, 6.07) is 16.2. The minimum atomic E-state index is 1.17. The average Bonchev–Trinajstić information content (AvgIpc) is 2.80. The van der Waals surface area contributed by atoms with Crippen LogP contribution in [0.2, 0.25) is 0 Å². The third-order valence-corrected chi connectivity index (χ3v) is 4.86. The Morgan fingerprint density at radius 1 is 0.857 bits per heavy atom. The highest BCUT2D eigenvalue weighted by Crippen LogP contribution is 2.48. The van der Waals surface area contributed by atoms with Crippen molar-refractivity contribution in [2.75, 3.05) is 0 Å². The summed E-state index contributed by atoms with van der Waals surface area (Å²) in [4.78, 5) is 0. The van der Waals surface area contributed by atoms with E-state index >= 15 is 0 Å². The Hall–Kier alpha value is -2.34. The summed E-state index contributed by atoms with van der Waals surface area (Å²) in [5, 5.41) is 2.80. The third-order valence-electron chi connectivity index (χ3n) is 4.86. The zero-order chi connectivity index (χ0) is 14.0. The zero-order valence-corrected chi connectivity index (χ0v) is 12.1. The molecule has 3 aromatic rings. The fraction of sp³-hybridized carbons (Fsp3) is 0.143. The van der Waals surface area contributed by atoms with Crippen molar-refractivity contribution in [3.05, 3.63) is 65.2 Å². The SMILES string of the molecule is Cc1cc2c3c(cccc3c1)-c1cc3c(cc1-2)C=CCC3. The molecular weight excluding hydrogens is 252 g/mol. The summed E-state index contributed by atoms with van der Waals surface area (Å²) < 4.78 is 0. The Labute approximate surface area is 124 Å². The summed E-state index contributed by atoms with van der Waals surface area (Å²) in [5.41, 5.74) is 9.91. The van der Waals surface area contributed by atoms with Crippen molar-refractivity contribution >= 4 is 16.8 Å². The summed E-state index contributed by atoms with van der Waals surface area (Å²) in [7, 11) is 0. The Kier molecular flexibility index (Phi) is 2.08. The number of allylic oxidation sites excluding steroid dienone is 1. The maximum Gasteiger partial charge on any atom is -0.00262 e. The molecule has 2 aliphatic rings. The lowest BCUT2D eigenvalue weighted by molar-refractivity contribution is 0.987. The van der Waals surface area contributed by atoms with Gasteiger partial charge in [-0.3, -0.25) is 0 Å². The summed E-state index contributed by atoms with van der Waals surface area (Å²) in [6.07, 6.45) is 6.92. The highest BCUT2D eigenvalue weighted by molar-refractivity contribution is 6.15. The topological polar surface area (TPSA) is 0 Å². The van der Waals surface area contributed by atoms with E-state index in [0.29, 0.717) is 0 Å². The summed E-state index contributed by atoms with van der Waals surface area (Å²) in [6.45, 7) is 2.19. The monoisotopic (exact) mass is 268 g/mol. The number of hydrogen-bond acceptors (Lipinski definition) is 0. The quantitative estimate of drug-likeness (QED) is 0.380. The van der Waals surface area contributed by atoms with Crippen LogP contribution in [0.25, 0.3) is 39.1 Å². The van der Waals surface area contributed by atoms with E-state index in [4.69, 9.17) is 0 Å². The van der Waals surface area contributed by atoms with Crippen molar-refractivity contribution in [2.45, 2.75) is 19.8 Å². The molecule has 5 rings (SSSR count). The predicted octanol–water partition coefficient (Wildman–Crippen LogP) is 5.76. The Bertz CT molecular complexity index is 942. The van der Waals surface area contributed by atoms with Crippen LogP contribution in [-0.4, -0.2) is 0 Å². The highest BCUT2D eigenvalue weighted by atomic mass is 14.3. The number of aryl methyl sites for hydroxylation is 2. The van der Waals surface area contributed by atoms with Crippen LogP contribution in [-0.2, 0) is 6.42 Å². The van der Waals surface area contributed by atoms with Crippen LogP contribution in [0.1, 0.15) is 23.1 Å². The lowest BCUT2D eigenvalue weighted by Gasteiger charge is -2.13. The van der Waals surface area contributed by atoms with E-state index in [2.05, 4.69) is 61.5 Å². The fourth-order valence-electron chi connectivity index (χ4n) is 3.94. The number of rotatable bonds is 0. The van der Waals surface area contributed by atoms with Crippen molar-refractivity contribution in [3.8, 4) is 22.3 Å². The van der Waals surface area contributed by atoms with Gasteiger partial charge in [0.05, 0.1) is 0 Å². The molecule has 0 N–H and O–H groups in total. The molecule has 100 valence electrons. The van der Waals surface area contributed by atoms with Crippen molar-refractivity contribution in [3.63, 3.8) is 0 Å². The Morgan fingerprint density at radius 2 is 1.76 bits per heavy atom. The lowest BCUT2D eigenvalue weighted by Crippen LogP contribution is -1.95. The van der Waals surface area contributed by atoms with Crippen LogP contribution in [0.4, 0.5) is 0 Å². The molecule has 0 radical (unpaired) electrons. The van der Waals surface area contributed by atoms with E-state index in [9.17, 15) is 0 Å². The first-order valence-corrected chi connectivity index (χ1v) is 7.69. The molecule has 21 heavy (non-hydrogen) atoms. The van der Waals surface area contributed by atoms with E-state index in [0.717, 1.165) is 0 Å². The van der Waals surface area contributed by atoms with Gasteiger partial charge in [-0.15, -0.1) is 0 Å². The molecule has 0 heterocycles. The molecule has 3 aromatic carbocycles. The Morgan fingerprint density at radius 3 is 2.71 bits per heavy atom. The molecule has 0 nitrogen and oxygen atoms in total. The molecule has 0 spiro atoms. The minimum Gasteiger partial charge on any atom is -0.0836 e. The van der Waals surface area contributed by atoms with Gasteiger partial charge in [0.2, 0.25) is 0 Å². The third kappa shape index (κ3) is 1.45. The first-order valence-electron chi connectivity index (χ1n) is 7.69. The first-order chi connectivity index (χ1) is 10.3. The molecule has 0 bridgehead atoms. The van der Waals surface area contributed by atoms with Gasteiger partial charge in [0.25, 0.3) is 0 Å². The second-order valence-corrected chi connectivity index (χ2v) is 6.25. The van der Waals surface area contributed by atoms with Crippen LogP contribution >= 0.6 is 0 Å². The molecule has 0 aromatic heterocycles. The zero-order valence-electron chi connectivity index (χ0n) is 12.1. The second-order valence-electron chi connectivity index (χ2n) is 6.25. The predicted molar refractivity (Wildman–Crippen MR) is 90.5 cm³/mol. The van der Waals surface area contributed by atoms with Gasteiger partial charge in [-0.05, 0) is 81.6 Å². The summed E-state index contributed by atoms with van der Waals surface area (Å²) in [5.74, 6) is 0. The smallest absolute Gasteiger partial charge is 0.00262 e. The molecule has 0 atom stereocenters. The van der Waals surface area contributed by atoms with Crippen LogP contribution < -0.4 is 0 Å². The fourth-order valence-corrected chi connectivity index (χ4v) is 3.94. The van der Waals surface area contributed by atoms with Crippen LogP contribution in [0.15, 0.2) is 48.5 Å². The van der Waals surface area contributed by atoms with Crippen molar-refractivity contribution in [1.29, 1.82) is 0 Å². The molecule has 0 saturated heterocycles. The first kappa shape index (κ1) is 11.3. The van der Waals surface area contributed by atoms with Gasteiger partial charge in [0.15, 0.2) is 0 Å². The van der Waals surface area contributed by atoms with Gasteiger partial charge in [0.1, 0.15) is 0 Å². The standard InChI is InChI=1S/C21H16/c1-13-9-16-7-4-8-17-18-11-14-5-2-3-6-15(14)12-19(18)20(10-13)21(16)17/h3-4,6-12H,2,5H2,1H3. The van der Waals surface area contributed by atoms with Crippen LogP contribution in [0.3, 0.4) is 0 Å². The largest absolute Gasteiger partial charge is 0.0836 e. The van der Waals surface area contributed by atoms with Gasteiger partial charge in [-0.1, -0.05) is 42.5 Å². The van der Waals surface area contributed by atoms with Crippen molar-refractivity contribution in [1.82, 2.24) is 0 Å². The summed E-state index contributed by atoms with van der Waals surface area (Å²) >= 11 is 0. The number of hydrogen-bond donors (Lipinski definition) is 0. The maximum absolute atomic E-state index is 2.43. The van der Waals surface area contributed by atoms with E-state index in [1.165, 1.54) is 62.6 Å². The van der Waals surface area contributed by atoms with Crippen LogP contribution in [0.5, 0.6) is 0 Å². The molecule has 0 saturated carbocycles. The maximum atomic E-state index is 2.43. The molecule has 0 heteroatoms. The highest BCUT2D eigenvalue weighted by Gasteiger charge is 2.23. The van der Waals surface area contributed by atoms with Gasteiger partial charge in [0, 0.05) is 0 Å². The lowest BCUT2D eigenvalue weighted by atomic mass is 9.91. The molecule has 0 aliphatic heterocycles. The Balaban J connectivity index is 1.94. The van der Waals surface area contributed by atoms with Gasteiger partial charge in [-0.25, -0.2) is 0 Å².